The second-order valence-corrected chi connectivity index (χ2v) is 3.84. The largest absolute Gasteiger partial charge is 0.370 e. The molecule has 15 heavy (non-hydrogen) atoms. The number of hydrogen-bond donors (Lipinski definition) is 2. The Balaban J connectivity index is 2.57. The zero-order chi connectivity index (χ0) is 11.3. The lowest BCUT2D eigenvalue weighted by Crippen LogP contribution is -2.26. The Morgan fingerprint density at radius 2 is 2.13 bits per heavy atom. The summed E-state index contributed by atoms with van der Waals surface area (Å²) in [5.41, 5.74) is 5.06. The lowest BCUT2D eigenvalue weighted by Gasteiger charge is -2.11. The molecule has 0 aliphatic carbocycles. The van der Waals surface area contributed by atoms with Gasteiger partial charge in [0.2, 0.25) is 5.91 Å². The van der Waals surface area contributed by atoms with Gasteiger partial charge in [0, 0.05) is 25.2 Å². The minimum atomic E-state index is -0.459. The molecule has 1 aliphatic rings. The average Bonchev–Trinajstić information content (AvgIpc) is 2.23. The Labute approximate surface area is 88.4 Å². The quantitative estimate of drug-likeness (QED) is 0.639. The second kappa shape index (κ2) is 5.60. The molecular formula is C10H16N2O3. The first-order valence-electron chi connectivity index (χ1n) is 5.13. The molecule has 3 N–H and O–H groups in total. The molecule has 1 saturated heterocycles. The van der Waals surface area contributed by atoms with Gasteiger partial charge in [0.05, 0.1) is 6.54 Å². The zero-order valence-corrected chi connectivity index (χ0v) is 8.62. The molecule has 0 bridgehead atoms. The van der Waals surface area contributed by atoms with Crippen LogP contribution in [0.25, 0.3) is 0 Å². The number of amides is 1. The van der Waals surface area contributed by atoms with Gasteiger partial charge in [0.1, 0.15) is 11.6 Å². The molecule has 1 amide bonds. The third-order valence-corrected chi connectivity index (χ3v) is 2.54. The van der Waals surface area contributed by atoms with E-state index in [0.29, 0.717) is 19.5 Å². The Kier molecular flexibility index (Phi) is 4.42. The van der Waals surface area contributed by atoms with E-state index in [1.54, 1.807) is 0 Å². The van der Waals surface area contributed by atoms with Crippen molar-refractivity contribution in [1.29, 1.82) is 0 Å². The topological polar surface area (TPSA) is 89.3 Å². The highest BCUT2D eigenvalue weighted by Gasteiger charge is 2.22. The van der Waals surface area contributed by atoms with E-state index in [2.05, 4.69) is 5.32 Å². The van der Waals surface area contributed by atoms with Crippen LogP contribution in [0.2, 0.25) is 0 Å². The van der Waals surface area contributed by atoms with Crippen molar-refractivity contribution >= 4 is 17.5 Å². The second-order valence-electron chi connectivity index (χ2n) is 3.84. The van der Waals surface area contributed by atoms with Gasteiger partial charge in [-0.1, -0.05) is 0 Å². The monoisotopic (exact) mass is 212 g/mol. The lowest BCUT2D eigenvalue weighted by atomic mass is 9.93. The van der Waals surface area contributed by atoms with Crippen molar-refractivity contribution in [2.45, 2.75) is 25.7 Å². The number of carbonyl (C=O) groups excluding carboxylic acids is 3. The van der Waals surface area contributed by atoms with Crippen LogP contribution < -0.4 is 11.1 Å². The molecule has 0 aromatic heterocycles. The molecule has 1 aliphatic heterocycles. The Morgan fingerprint density at radius 3 is 2.80 bits per heavy atom. The minimum absolute atomic E-state index is 0.0224. The third kappa shape index (κ3) is 4.20. The maximum atomic E-state index is 11.6. The van der Waals surface area contributed by atoms with Crippen LogP contribution in [-0.4, -0.2) is 30.6 Å². The van der Waals surface area contributed by atoms with Crippen molar-refractivity contribution in [2.75, 3.05) is 13.1 Å². The van der Waals surface area contributed by atoms with Crippen molar-refractivity contribution in [3.05, 3.63) is 0 Å². The van der Waals surface area contributed by atoms with Gasteiger partial charge in [0.15, 0.2) is 0 Å². The highest BCUT2D eigenvalue weighted by Crippen LogP contribution is 2.14. The Hall–Kier alpha value is -1.23. The normalized spacial score (nSPS) is 24.1. The first-order chi connectivity index (χ1) is 7.09. The van der Waals surface area contributed by atoms with E-state index in [1.165, 1.54) is 0 Å². The fraction of sp³-hybridized carbons (Fsp3) is 0.700. The molecule has 0 aromatic carbocycles. The van der Waals surface area contributed by atoms with E-state index in [0.717, 1.165) is 0 Å². The Bertz CT molecular complexity index is 276. The molecule has 1 rings (SSSR count). The first kappa shape index (κ1) is 11.8. The van der Waals surface area contributed by atoms with Crippen LogP contribution in [0, 0.1) is 5.92 Å². The van der Waals surface area contributed by atoms with Crippen LogP contribution in [0.5, 0.6) is 0 Å². The molecule has 0 saturated carbocycles. The van der Waals surface area contributed by atoms with Gasteiger partial charge in [-0.05, 0) is 13.0 Å². The van der Waals surface area contributed by atoms with E-state index in [1.807, 2.05) is 0 Å². The molecule has 0 spiro atoms. The van der Waals surface area contributed by atoms with Gasteiger partial charge in [-0.3, -0.25) is 14.4 Å². The van der Waals surface area contributed by atoms with E-state index in [-0.39, 0.29) is 36.7 Å². The van der Waals surface area contributed by atoms with Gasteiger partial charge in [-0.15, -0.1) is 0 Å². The minimum Gasteiger partial charge on any atom is -0.370 e. The summed E-state index contributed by atoms with van der Waals surface area (Å²) in [5, 5.41) is 2.95. The highest BCUT2D eigenvalue weighted by atomic mass is 16.1. The van der Waals surface area contributed by atoms with Crippen molar-refractivity contribution < 1.29 is 14.4 Å². The number of nitrogens with two attached hydrogens (primary N) is 1. The molecule has 1 heterocycles. The van der Waals surface area contributed by atoms with Crippen molar-refractivity contribution in [1.82, 2.24) is 5.32 Å². The molecule has 1 fully saturated rings. The molecule has 0 aromatic rings. The summed E-state index contributed by atoms with van der Waals surface area (Å²) in [7, 11) is 0. The van der Waals surface area contributed by atoms with E-state index >= 15 is 0 Å². The summed E-state index contributed by atoms with van der Waals surface area (Å²) in [4.78, 5) is 33.5. The summed E-state index contributed by atoms with van der Waals surface area (Å²) in [6, 6.07) is 0. The molecule has 0 radical (unpaired) electrons. The number of carbonyl (C=O) groups is 3. The van der Waals surface area contributed by atoms with E-state index in [9.17, 15) is 14.4 Å². The number of Topliss-reactive ketones (excluding diaryl/α,β-unsaturated/α-hetero) is 2. The van der Waals surface area contributed by atoms with Crippen LogP contribution in [0.4, 0.5) is 0 Å². The number of rotatable bonds is 2. The lowest BCUT2D eigenvalue weighted by molar-refractivity contribution is -0.128. The average molecular weight is 212 g/mol. The van der Waals surface area contributed by atoms with Crippen LogP contribution in [0.15, 0.2) is 0 Å². The van der Waals surface area contributed by atoms with Gasteiger partial charge >= 0.3 is 0 Å². The number of hydrogen-bond acceptors (Lipinski definition) is 4. The molecule has 84 valence electrons. The van der Waals surface area contributed by atoms with Gasteiger partial charge in [0.25, 0.3) is 0 Å². The molecule has 5 nitrogen and oxygen atoms in total. The maximum Gasteiger partial charge on any atom is 0.218 e. The van der Waals surface area contributed by atoms with Gasteiger partial charge in [-0.2, -0.15) is 0 Å². The van der Waals surface area contributed by atoms with E-state index < -0.39 is 5.91 Å². The predicted molar refractivity (Wildman–Crippen MR) is 54.0 cm³/mol. The summed E-state index contributed by atoms with van der Waals surface area (Å²) < 4.78 is 0. The third-order valence-electron chi connectivity index (χ3n) is 2.54. The summed E-state index contributed by atoms with van der Waals surface area (Å²) >= 11 is 0. The zero-order valence-electron chi connectivity index (χ0n) is 8.62. The van der Waals surface area contributed by atoms with Crippen LogP contribution in [0.1, 0.15) is 25.7 Å². The maximum absolute atomic E-state index is 11.6. The van der Waals surface area contributed by atoms with Crippen LogP contribution in [-0.2, 0) is 14.4 Å². The van der Waals surface area contributed by atoms with Crippen molar-refractivity contribution in [3.63, 3.8) is 0 Å². The number of nitrogens with one attached hydrogen (secondary N) is 1. The van der Waals surface area contributed by atoms with Crippen molar-refractivity contribution in [2.24, 2.45) is 11.7 Å². The summed E-state index contributed by atoms with van der Waals surface area (Å²) in [6.07, 6.45) is 1.17. The standard InChI is InChI=1S/C10H16N2O3/c11-10(15)5-7-3-4-12-6-8(13)1-2-9(7)14/h7,12H,1-6H2,(H2,11,15). The molecule has 1 unspecified atom stereocenters. The summed E-state index contributed by atoms with van der Waals surface area (Å²) in [5.74, 6) is -0.756. The SMILES string of the molecule is NC(=O)CC1CCNCC(=O)CCC1=O. The molecule has 5 heteroatoms. The first-order valence-corrected chi connectivity index (χ1v) is 5.13. The number of primary amides is 1. The molecular weight excluding hydrogens is 196 g/mol. The van der Waals surface area contributed by atoms with Crippen molar-refractivity contribution in [3.8, 4) is 0 Å². The fourth-order valence-electron chi connectivity index (χ4n) is 1.68. The van der Waals surface area contributed by atoms with Crippen LogP contribution in [0.3, 0.4) is 0 Å². The van der Waals surface area contributed by atoms with Crippen LogP contribution >= 0.6 is 0 Å². The fourth-order valence-corrected chi connectivity index (χ4v) is 1.68. The predicted octanol–water partition coefficient (Wildman–Crippen LogP) is -0.610. The smallest absolute Gasteiger partial charge is 0.218 e. The highest BCUT2D eigenvalue weighted by molar-refractivity contribution is 5.90. The summed E-state index contributed by atoms with van der Waals surface area (Å²) in [6.45, 7) is 0.895. The van der Waals surface area contributed by atoms with Gasteiger partial charge in [-0.25, -0.2) is 0 Å². The molecule has 1 atom stereocenters. The van der Waals surface area contributed by atoms with E-state index in [4.69, 9.17) is 5.73 Å². The number of ketones is 2. The Morgan fingerprint density at radius 1 is 1.40 bits per heavy atom. The van der Waals surface area contributed by atoms with Gasteiger partial charge < -0.3 is 11.1 Å².